The molecule has 2 N–H and O–H groups in total. The van der Waals surface area contributed by atoms with Gasteiger partial charge in [0.1, 0.15) is 0 Å². The molecule has 2 aromatic rings. The molecule has 0 aliphatic carbocycles. The van der Waals surface area contributed by atoms with Gasteiger partial charge < -0.3 is 15.2 Å². The number of aromatic nitrogens is 2. The predicted octanol–water partition coefficient (Wildman–Crippen LogP) is 2.31. The Morgan fingerprint density at radius 2 is 2.21 bits per heavy atom. The van der Waals surface area contributed by atoms with Crippen LogP contribution in [0.15, 0.2) is 24.4 Å². The van der Waals surface area contributed by atoms with Gasteiger partial charge in [0, 0.05) is 19.8 Å². The second kappa shape index (κ2) is 5.65. The van der Waals surface area contributed by atoms with Crippen LogP contribution in [-0.2, 0) is 20.0 Å². The van der Waals surface area contributed by atoms with Gasteiger partial charge in [-0.25, -0.2) is 0 Å². The number of phenols is 1. The lowest BCUT2D eigenvalue weighted by molar-refractivity contribution is 0.373. The van der Waals surface area contributed by atoms with Crippen molar-refractivity contribution in [1.82, 2.24) is 9.78 Å². The minimum absolute atomic E-state index is 0.156. The molecule has 0 amide bonds. The second-order valence-corrected chi connectivity index (χ2v) is 4.38. The summed E-state index contributed by atoms with van der Waals surface area (Å²) >= 11 is 0. The van der Waals surface area contributed by atoms with Crippen molar-refractivity contribution >= 4 is 5.69 Å². The van der Waals surface area contributed by atoms with Crippen molar-refractivity contribution < 1.29 is 9.84 Å². The molecule has 2 rings (SSSR count). The molecule has 0 aliphatic heterocycles. The van der Waals surface area contributed by atoms with Crippen LogP contribution in [0.4, 0.5) is 5.69 Å². The van der Waals surface area contributed by atoms with Crippen LogP contribution in [0.25, 0.3) is 0 Å². The molecule has 0 saturated heterocycles. The lowest BCUT2D eigenvalue weighted by Gasteiger charge is -2.08. The predicted molar refractivity (Wildman–Crippen MR) is 74.6 cm³/mol. The summed E-state index contributed by atoms with van der Waals surface area (Å²) in [7, 11) is 3.44. The van der Waals surface area contributed by atoms with Gasteiger partial charge in [0.05, 0.1) is 18.5 Å². The van der Waals surface area contributed by atoms with E-state index in [1.165, 1.54) is 7.11 Å². The highest BCUT2D eigenvalue weighted by Crippen LogP contribution is 2.26. The van der Waals surface area contributed by atoms with E-state index in [9.17, 15) is 5.11 Å². The highest BCUT2D eigenvalue weighted by molar-refractivity contribution is 5.48. The molecule has 1 heterocycles. The average molecular weight is 261 g/mol. The summed E-state index contributed by atoms with van der Waals surface area (Å²) in [6, 6.07) is 5.39. The van der Waals surface area contributed by atoms with Gasteiger partial charge in [-0.15, -0.1) is 0 Å². The first-order chi connectivity index (χ1) is 9.13. The standard InChI is InChI=1S/C14H19N3O2/c1-4-11-12(9-17(2)16-11)15-8-10-5-6-14(19-3)13(18)7-10/h5-7,9,15,18H,4,8H2,1-3H3. The van der Waals surface area contributed by atoms with E-state index in [2.05, 4.69) is 17.3 Å². The molecule has 0 saturated carbocycles. The molecule has 0 atom stereocenters. The van der Waals surface area contributed by atoms with Crippen molar-refractivity contribution in [2.45, 2.75) is 19.9 Å². The quantitative estimate of drug-likeness (QED) is 0.867. The zero-order chi connectivity index (χ0) is 13.8. The third-order valence-corrected chi connectivity index (χ3v) is 2.97. The molecular formula is C14H19N3O2. The van der Waals surface area contributed by atoms with Crippen LogP contribution in [0.5, 0.6) is 11.5 Å². The third-order valence-electron chi connectivity index (χ3n) is 2.97. The van der Waals surface area contributed by atoms with Crippen LogP contribution in [0.2, 0.25) is 0 Å². The zero-order valence-electron chi connectivity index (χ0n) is 11.5. The van der Waals surface area contributed by atoms with Crippen LogP contribution in [0, 0.1) is 0 Å². The largest absolute Gasteiger partial charge is 0.504 e. The molecule has 5 heteroatoms. The summed E-state index contributed by atoms with van der Waals surface area (Å²) in [4.78, 5) is 0. The van der Waals surface area contributed by atoms with Crippen molar-refractivity contribution in [2.75, 3.05) is 12.4 Å². The third kappa shape index (κ3) is 2.99. The summed E-state index contributed by atoms with van der Waals surface area (Å²) in [5.74, 6) is 0.642. The van der Waals surface area contributed by atoms with Gasteiger partial charge in [-0.1, -0.05) is 13.0 Å². The topological polar surface area (TPSA) is 59.3 Å². The Balaban J connectivity index is 2.07. The highest BCUT2D eigenvalue weighted by atomic mass is 16.5. The van der Waals surface area contributed by atoms with Gasteiger partial charge in [0.25, 0.3) is 0 Å². The molecule has 0 aliphatic rings. The first kappa shape index (κ1) is 13.3. The van der Waals surface area contributed by atoms with E-state index >= 15 is 0 Å². The van der Waals surface area contributed by atoms with E-state index < -0.39 is 0 Å². The monoisotopic (exact) mass is 261 g/mol. The molecule has 19 heavy (non-hydrogen) atoms. The maximum atomic E-state index is 9.72. The van der Waals surface area contributed by atoms with Crippen LogP contribution >= 0.6 is 0 Å². The number of anilines is 1. The molecule has 0 spiro atoms. The Morgan fingerprint density at radius 1 is 1.42 bits per heavy atom. The number of benzene rings is 1. The Morgan fingerprint density at radius 3 is 2.84 bits per heavy atom. The molecule has 0 radical (unpaired) electrons. The number of hydrogen-bond donors (Lipinski definition) is 2. The van der Waals surface area contributed by atoms with E-state index in [0.717, 1.165) is 23.4 Å². The van der Waals surface area contributed by atoms with Gasteiger partial charge in [0.2, 0.25) is 0 Å². The Labute approximate surface area is 112 Å². The minimum atomic E-state index is 0.156. The number of ether oxygens (including phenoxy) is 1. The fourth-order valence-corrected chi connectivity index (χ4v) is 1.99. The summed E-state index contributed by atoms with van der Waals surface area (Å²) in [5.41, 5.74) is 3.06. The number of aromatic hydroxyl groups is 1. The summed E-state index contributed by atoms with van der Waals surface area (Å²) in [6.07, 6.45) is 2.85. The van der Waals surface area contributed by atoms with Crippen LogP contribution in [0.3, 0.4) is 0 Å². The molecule has 0 bridgehead atoms. The summed E-state index contributed by atoms with van der Waals surface area (Å²) in [6.45, 7) is 2.71. The first-order valence-corrected chi connectivity index (χ1v) is 6.26. The van der Waals surface area contributed by atoms with Crippen molar-refractivity contribution in [3.05, 3.63) is 35.7 Å². The van der Waals surface area contributed by atoms with E-state index in [1.54, 1.807) is 16.8 Å². The first-order valence-electron chi connectivity index (χ1n) is 6.26. The molecule has 1 aromatic carbocycles. The maximum absolute atomic E-state index is 9.72. The van der Waals surface area contributed by atoms with Gasteiger partial charge in [-0.05, 0) is 24.1 Å². The van der Waals surface area contributed by atoms with E-state index in [4.69, 9.17) is 4.74 Å². The molecule has 1 aromatic heterocycles. The van der Waals surface area contributed by atoms with E-state index in [-0.39, 0.29) is 5.75 Å². The minimum Gasteiger partial charge on any atom is -0.504 e. The second-order valence-electron chi connectivity index (χ2n) is 4.38. The molecule has 0 unspecified atom stereocenters. The number of methoxy groups -OCH3 is 1. The SMILES string of the molecule is CCc1nn(C)cc1NCc1ccc(OC)c(O)c1. The van der Waals surface area contributed by atoms with Crippen LogP contribution in [0.1, 0.15) is 18.2 Å². The number of nitrogens with zero attached hydrogens (tertiary/aromatic N) is 2. The smallest absolute Gasteiger partial charge is 0.160 e. The zero-order valence-corrected chi connectivity index (χ0v) is 11.5. The maximum Gasteiger partial charge on any atom is 0.160 e. The fourth-order valence-electron chi connectivity index (χ4n) is 1.99. The summed E-state index contributed by atoms with van der Waals surface area (Å²) < 4.78 is 6.82. The normalized spacial score (nSPS) is 10.5. The molecule has 0 fully saturated rings. The van der Waals surface area contributed by atoms with Crippen molar-refractivity contribution in [1.29, 1.82) is 0 Å². The van der Waals surface area contributed by atoms with Gasteiger partial charge in [0.15, 0.2) is 11.5 Å². The number of rotatable bonds is 5. The molecular weight excluding hydrogens is 242 g/mol. The fraction of sp³-hybridized carbons (Fsp3) is 0.357. The Kier molecular flexibility index (Phi) is 3.94. The molecule has 102 valence electrons. The van der Waals surface area contributed by atoms with Gasteiger partial charge >= 0.3 is 0 Å². The average Bonchev–Trinajstić information content (AvgIpc) is 2.77. The highest BCUT2D eigenvalue weighted by Gasteiger charge is 2.06. The van der Waals surface area contributed by atoms with Crippen molar-refractivity contribution in [3.63, 3.8) is 0 Å². The Bertz CT molecular complexity index is 564. The number of hydrogen-bond acceptors (Lipinski definition) is 4. The number of phenolic OH excluding ortho intramolecular Hbond substituents is 1. The van der Waals surface area contributed by atoms with Crippen molar-refractivity contribution in [2.24, 2.45) is 7.05 Å². The number of aryl methyl sites for hydroxylation is 2. The van der Waals surface area contributed by atoms with E-state index in [1.807, 2.05) is 19.3 Å². The lowest BCUT2D eigenvalue weighted by Crippen LogP contribution is -2.00. The summed E-state index contributed by atoms with van der Waals surface area (Å²) in [5, 5.41) is 17.4. The number of nitrogens with one attached hydrogen (secondary N) is 1. The van der Waals surface area contributed by atoms with Crippen LogP contribution < -0.4 is 10.1 Å². The van der Waals surface area contributed by atoms with Crippen LogP contribution in [-0.4, -0.2) is 22.0 Å². The Hall–Kier alpha value is -2.17. The van der Waals surface area contributed by atoms with E-state index in [0.29, 0.717) is 12.3 Å². The lowest BCUT2D eigenvalue weighted by atomic mass is 10.2. The van der Waals surface area contributed by atoms with Crippen molar-refractivity contribution in [3.8, 4) is 11.5 Å². The van der Waals surface area contributed by atoms with Gasteiger partial charge in [-0.2, -0.15) is 5.10 Å². The molecule has 5 nitrogen and oxygen atoms in total. The van der Waals surface area contributed by atoms with Gasteiger partial charge in [-0.3, -0.25) is 4.68 Å².